The lowest BCUT2D eigenvalue weighted by molar-refractivity contribution is -0.274. The average molecular weight is 285 g/mol. The molecule has 1 N–H and O–H groups in total. The molecular weight excluding hydrogens is 267 g/mol. The van der Waals surface area contributed by atoms with Crippen LogP contribution in [0.25, 0.3) is 0 Å². The molecule has 0 aliphatic heterocycles. The summed E-state index contributed by atoms with van der Waals surface area (Å²) in [5.74, 6) is 2.19. The van der Waals surface area contributed by atoms with Crippen molar-refractivity contribution in [1.82, 2.24) is 0 Å². The van der Waals surface area contributed by atoms with E-state index in [0.717, 1.165) is 18.4 Å². The normalized spacial score (nSPS) is 28.6. The minimum atomic E-state index is -4.64. The predicted octanol–water partition coefficient (Wildman–Crippen LogP) is 4.43. The van der Waals surface area contributed by atoms with E-state index >= 15 is 0 Å². The van der Waals surface area contributed by atoms with Gasteiger partial charge in [0.2, 0.25) is 0 Å². The fraction of sp³-hybridized carbons (Fsp3) is 0.600. The van der Waals surface area contributed by atoms with Crippen molar-refractivity contribution in [2.75, 3.05) is 11.9 Å². The van der Waals surface area contributed by atoms with Crippen LogP contribution >= 0.6 is 0 Å². The summed E-state index contributed by atoms with van der Waals surface area (Å²) in [7, 11) is 0. The minimum absolute atomic E-state index is 0.171. The van der Waals surface area contributed by atoms with Crippen molar-refractivity contribution in [3.63, 3.8) is 0 Å². The molecule has 0 amide bonds. The quantitative estimate of drug-likeness (QED) is 0.883. The molecule has 1 aromatic rings. The Morgan fingerprint density at radius 3 is 2.70 bits per heavy atom. The zero-order valence-corrected chi connectivity index (χ0v) is 11.1. The summed E-state index contributed by atoms with van der Waals surface area (Å²) in [6.45, 7) is 0.844. The first-order valence-electron chi connectivity index (χ1n) is 7.09. The van der Waals surface area contributed by atoms with Crippen LogP contribution in [-0.4, -0.2) is 12.9 Å². The van der Waals surface area contributed by atoms with E-state index in [1.807, 2.05) is 0 Å². The van der Waals surface area contributed by atoms with Crippen LogP contribution in [0.15, 0.2) is 24.3 Å². The number of rotatable bonds is 4. The molecule has 2 aliphatic rings. The Balaban J connectivity index is 1.56. The van der Waals surface area contributed by atoms with Gasteiger partial charge in [0.15, 0.2) is 0 Å². The van der Waals surface area contributed by atoms with E-state index in [1.54, 1.807) is 12.1 Å². The highest BCUT2D eigenvalue weighted by Crippen LogP contribution is 2.48. The molecule has 2 fully saturated rings. The summed E-state index contributed by atoms with van der Waals surface area (Å²) in [6.07, 6.45) is 0.632. The topological polar surface area (TPSA) is 21.3 Å². The molecule has 0 saturated heterocycles. The maximum atomic E-state index is 12.2. The molecule has 2 saturated carbocycles. The second-order valence-corrected chi connectivity index (χ2v) is 5.89. The Kier molecular flexibility index (Phi) is 3.52. The number of nitrogens with one attached hydrogen (secondary N) is 1. The lowest BCUT2D eigenvalue weighted by atomic mass is 9.89. The van der Waals surface area contributed by atoms with Crippen LogP contribution in [0.4, 0.5) is 18.9 Å². The summed E-state index contributed by atoms with van der Waals surface area (Å²) in [5.41, 5.74) is 0.689. The molecule has 110 valence electrons. The van der Waals surface area contributed by atoms with E-state index in [4.69, 9.17) is 0 Å². The molecule has 0 spiro atoms. The summed E-state index contributed by atoms with van der Waals surface area (Å²) < 4.78 is 40.4. The highest BCUT2D eigenvalue weighted by Gasteiger charge is 2.39. The number of benzene rings is 1. The molecule has 3 rings (SSSR count). The summed E-state index contributed by atoms with van der Waals surface area (Å²) in [6, 6.07) is 6.07. The highest BCUT2D eigenvalue weighted by molar-refractivity contribution is 5.48. The number of fused-ring (bicyclic) bond motifs is 2. The highest BCUT2D eigenvalue weighted by atomic mass is 19.4. The SMILES string of the molecule is FC(F)(F)Oc1cccc(NCC2CC3CCC2C3)c1. The smallest absolute Gasteiger partial charge is 0.406 e. The molecule has 2 bridgehead atoms. The largest absolute Gasteiger partial charge is 0.573 e. The Bertz CT molecular complexity index is 474. The van der Waals surface area contributed by atoms with Crippen molar-refractivity contribution in [3.8, 4) is 5.75 Å². The third-order valence-electron chi connectivity index (χ3n) is 4.52. The van der Waals surface area contributed by atoms with Crippen molar-refractivity contribution < 1.29 is 17.9 Å². The minimum Gasteiger partial charge on any atom is -0.406 e. The van der Waals surface area contributed by atoms with E-state index in [9.17, 15) is 13.2 Å². The van der Waals surface area contributed by atoms with Gasteiger partial charge in [0.25, 0.3) is 0 Å². The first-order valence-corrected chi connectivity index (χ1v) is 7.09. The Morgan fingerprint density at radius 2 is 2.05 bits per heavy atom. The van der Waals surface area contributed by atoms with Gasteiger partial charge in [-0.15, -0.1) is 13.2 Å². The van der Waals surface area contributed by atoms with E-state index in [0.29, 0.717) is 11.6 Å². The number of hydrogen-bond donors (Lipinski definition) is 1. The Hall–Kier alpha value is -1.39. The van der Waals surface area contributed by atoms with Crippen LogP contribution in [-0.2, 0) is 0 Å². The fourth-order valence-electron chi connectivity index (χ4n) is 3.68. The van der Waals surface area contributed by atoms with E-state index in [2.05, 4.69) is 10.1 Å². The molecular formula is C15H18F3NO. The zero-order valence-electron chi connectivity index (χ0n) is 11.1. The van der Waals surface area contributed by atoms with Gasteiger partial charge in [0, 0.05) is 18.3 Å². The number of halogens is 3. The first kappa shape index (κ1) is 13.6. The number of ether oxygens (including phenoxy) is 1. The van der Waals surface area contributed by atoms with Crippen molar-refractivity contribution >= 4 is 5.69 Å². The molecule has 0 radical (unpaired) electrons. The molecule has 0 heterocycles. The van der Waals surface area contributed by atoms with Gasteiger partial charge in [-0.05, 0) is 49.1 Å². The predicted molar refractivity (Wildman–Crippen MR) is 70.6 cm³/mol. The van der Waals surface area contributed by atoms with E-state index in [-0.39, 0.29) is 5.75 Å². The molecule has 3 unspecified atom stereocenters. The molecule has 20 heavy (non-hydrogen) atoms. The van der Waals surface area contributed by atoms with Gasteiger partial charge in [0.1, 0.15) is 5.75 Å². The van der Waals surface area contributed by atoms with Gasteiger partial charge in [0.05, 0.1) is 0 Å². The second kappa shape index (κ2) is 5.19. The van der Waals surface area contributed by atoms with Gasteiger partial charge in [-0.3, -0.25) is 0 Å². The summed E-state index contributed by atoms with van der Waals surface area (Å²) in [5, 5.41) is 3.25. The van der Waals surface area contributed by atoms with Gasteiger partial charge in [-0.1, -0.05) is 12.5 Å². The second-order valence-electron chi connectivity index (χ2n) is 5.89. The average Bonchev–Trinajstić information content (AvgIpc) is 2.97. The number of hydrogen-bond acceptors (Lipinski definition) is 2. The van der Waals surface area contributed by atoms with Gasteiger partial charge in [-0.2, -0.15) is 0 Å². The van der Waals surface area contributed by atoms with Crippen molar-refractivity contribution in [3.05, 3.63) is 24.3 Å². The third-order valence-corrected chi connectivity index (χ3v) is 4.52. The van der Waals surface area contributed by atoms with E-state index in [1.165, 1.54) is 37.8 Å². The number of anilines is 1. The van der Waals surface area contributed by atoms with Crippen LogP contribution in [0, 0.1) is 17.8 Å². The van der Waals surface area contributed by atoms with Crippen molar-refractivity contribution in [1.29, 1.82) is 0 Å². The molecule has 3 atom stereocenters. The summed E-state index contributed by atoms with van der Waals surface area (Å²) in [4.78, 5) is 0. The zero-order chi connectivity index (χ0) is 14.2. The molecule has 0 aromatic heterocycles. The van der Waals surface area contributed by atoms with Crippen LogP contribution in [0.3, 0.4) is 0 Å². The number of alkyl halides is 3. The Labute approximate surface area is 116 Å². The van der Waals surface area contributed by atoms with Gasteiger partial charge in [-0.25, -0.2) is 0 Å². The van der Waals surface area contributed by atoms with Crippen LogP contribution in [0.1, 0.15) is 25.7 Å². The van der Waals surface area contributed by atoms with Crippen LogP contribution in [0.5, 0.6) is 5.75 Å². The molecule has 1 aromatic carbocycles. The van der Waals surface area contributed by atoms with Gasteiger partial charge < -0.3 is 10.1 Å². The van der Waals surface area contributed by atoms with Crippen LogP contribution in [0.2, 0.25) is 0 Å². The fourth-order valence-corrected chi connectivity index (χ4v) is 3.68. The maximum absolute atomic E-state index is 12.2. The Morgan fingerprint density at radius 1 is 1.20 bits per heavy atom. The first-order chi connectivity index (χ1) is 9.49. The lowest BCUT2D eigenvalue weighted by Gasteiger charge is -2.22. The molecule has 2 nitrogen and oxygen atoms in total. The lowest BCUT2D eigenvalue weighted by Crippen LogP contribution is -2.20. The van der Waals surface area contributed by atoms with Crippen molar-refractivity contribution in [2.24, 2.45) is 17.8 Å². The maximum Gasteiger partial charge on any atom is 0.573 e. The van der Waals surface area contributed by atoms with Gasteiger partial charge >= 0.3 is 6.36 Å². The standard InChI is InChI=1S/C15H18F3NO/c16-15(17,18)20-14-3-1-2-13(8-14)19-9-12-7-10-4-5-11(12)6-10/h1-3,8,10-12,19H,4-7,9H2. The van der Waals surface area contributed by atoms with Crippen molar-refractivity contribution in [2.45, 2.75) is 32.0 Å². The third kappa shape index (κ3) is 3.19. The monoisotopic (exact) mass is 285 g/mol. The van der Waals surface area contributed by atoms with E-state index < -0.39 is 6.36 Å². The summed E-state index contributed by atoms with van der Waals surface area (Å²) >= 11 is 0. The molecule has 5 heteroatoms. The van der Waals surface area contributed by atoms with Crippen LogP contribution < -0.4 is 10.1 Å². The molecule has 2 aliphatic carbocycles.